The van der Waals surface area contributed by atoms with E-state index in [2.05, 4.69) is 10.6 Å². The summed E-state index contributed by atoms with van der Waals surface area (Å²) in [6, 6.07) is 6.66. The second-order valence-corrected chi connectivity index (χ2v) is 6.51. The number of rotatable bonds is 7. The molecule has 2 amide bonds. The van der Waals surface area contributed by atoms with E-state index in [1.165, 1.54) is 6.42 Å². The van der Waals surface area contributed by atoms with Crippen molar-refractivity contribution >= 4 is 11.8 Å². The molecular formula is C19H28N2O3. The third kappa shape index (κ3) is 5.34. The molecule has 0 radical (unpaired) electrons. The van der Waals surface area contributed by atoms with Gasteiger partial charge >= 0.3 is 0 Å². The molecule has 1 aliphatic rings. The highest BCUT2D eigenvalue weighted by atomic mass is 16.3. The zero-order valence-electron chi connectivity index (χ0n) is 14.4. The van der Waals surface area contributed by atoms with Crippen LogP contribution in [-0.4, -0.2) is 36.1 Å². The molecule has 5 nitrogen and oxygen atoms in total. The maximum Gasteiger partial charge on any atom is 0.251 e. The molecule has 24 heavy (non-hydrogen) atoms. The second kappa shape index (κ2) is 9.42. The third-order valence-electron chi connectivity index (χ3n) is 4.59. The van der Waals surface area contributed by atoms with Crippen LogP contribution in [0, 0.1) is 5.92 Å². The number of benzene rings is 1. The molecule has 0 aromatic heterocycles. The minimum atomic E-state index is -0.495. The largest absolute Gasteiger partial charge is 0.391 e. The first-order chi connectivity index (χ1) is 11.6. The van der Waals surface area contributed by atoms with Crippen molar-refractivity contribution in [2.24, 2.45) is 5.92 Å². The number of amides is 2. The fraction of sp³-hybridized carbons (Fsp3) is 0.579. The quantitative estimate of drug-likeness (QED) is 0.718. The van der Waals surface area contributed by atoms with Gasteiger partial charge in [-0.25, -0.2) is 0 Å². The van der Waals surface area contributed by atoms with E-state index in [0.717, 1.165) is 32.1 Å². The average Bonchev–Trinajstić information content (AvgIpc) is 2.64. The molecule has 0 saturated heterocycles. The zero-order valence-corrected chi connectivity index (χ0v) is 14.4. The fourth-order valence-electron chi connectivity index (χ4n) is 3.13. The van der Waals surface area contributed by atoms with Crippen LogP contribution in [0.5, 0.6) is 0 Å². The zero-order chi connectivity index (χ0) is 17.4. The highest BCUT2D eigenvalue weighted by molar-refractivity contribution is 5.99. The van der Waals surface area contributed by atoms with Gasteiger partial charge in [-0.05, 0) is 43.4 Å². The van der Waals surface area contributed by atoms with Gasteiger partial charge in [0.25, 0.3) is 11.8 Å². The van der Waals surface area contributed by atoms with Crippen molar-refractivity contribution in [2.45, 2.75) is 51.6 Å². The molecule has 1 aliphatic carbocycles. The first-order valence-electron chi connectivity index (χ1n) is 8.96. The lowest BCUT2D eigenvalue weighted by molar-refractivity contribution is 0.0738. The summed E-state index contributed by atoms with van der Waals surface area (Å²) in [6.45, 7) is 2.86. The van der Waals surface area contributed by atoms with E-state index < -0.39 is 6.10 Å². The molecule has 3 N–H and O–H groups in total. The summed E-state index contributed by atoms with van der Waals surface area (Å²) >= 11 is 0. The molecule has 0 unspecified atom stereocenters. The Hall–Kier alpha value is -1.88. The Balaban J connectivity index is 1.88. The molecule has 1 fully saturated rings. The topological polar surface area (TPSA) is 78.4 Å². The molecule has 0 heterocycles. The average molecular weight is 332 g/mol. The summed E-state index contributed by atoms with van der Waals surface area (Å²) in [7, 11) is 0. The Kier molecular flexibility index (Phi) is 7.25. The minimum absolute atomic E-state index is 0.172. The van der Waals surface area contributed by atoms with E-state index in [4.69, 9.17) is 0 Å². The van der Waals surface area contributed by atoms with E-state index in [1.54, 1.807) is 24.3 Å². The summed E-state index contributed by atoms with van der Waals surface area (Å²) in [6.07, 6.45) is 5.99. The van der Waals surface area contributed by atoms with Crippen LogP contribution in [0.1, 0.15) is 66.2 Å². The number of hydrogen-bond donors (Lipinski definition) is 3. The maximum atomic E-state index is 12.3. The van der Waals surface area contributed by atoms with E-state index in [1.807, 2.05) is 6.92 Å². The van der Waals surface area contributed by atoms with Gasteiger partial charge in [0, 0.05) is 24.2 Å². The predicted molar refractivity (Wildman–Crippen MR) is 94.0 cm³/mol. The van der Waals surface area contributed by atoms with Gasteiger partial charge in [0.15, 0.2) is 0 Å². The van der Waals surface area contributed by atoms with Gasteiger partial charge in [-0.2, -0.15) is 0 Å². The van der Waals surface area contributed by atoms with Crippen LogP contribution in [0.2, 0.25) is 0 Å². The highest BCUT2D eigenvalue weighted by Gasteiger charge is 2.22. The highest BCUT2D eigenvalue weighted by Crippen LogP contribution is 2.26. The number of carbonyl (C=O) groups is 2. The lowest BCUT2D eigenvalue weighted by Crippen LogP contribution is -2.37. The molecular weight excluding hydrogens is 304 g/mol. The molecule has 1 aromatic rings. The van der Waals surface area contributed by atoms with Crippen LogP contribution in [0.3, 0.4) is 0 Å². The van der Waals surface area contributed by atoms with Gasteiger partial charge in [0.05, 0.1) is 6.10 Å². The first kappa shape index (κ1) is 18.5. The van der Waals surface area contributed by atoms with E-state index in [-0.39, 0.29) is 24.3 Å². The summed E-state index contributed by atoms with van der Waals surface area (Å²) in [4.78, 5) is 24.2. The summed E-state index contributed by atoms with van der Waals surface area (Å²) in [5, 5.41) is 15.8. The van der Waals surface area contributed by atoms with Crippen LogP contribution in [-0.2, 0) is 0 Å². The van der Waals surface area contributed by atoms with Crippen molar-refractivity contribution in [1.29, 1.82) is 0 Å². The minimum Gasteiger partial charge on any atom is -0.391 e. The van der Waals surface area contributed by atoms with E-state index in [9.17, 15) is 14.7 Å². The van der Waals surface area contributed by atoms with E-state index >= 15 is 0 Å². The number of aliphatic hydroxyl groups is 1. The van der Waals surface area contributed by atoms with Crippen LogP contribution in [0.15, 0.2) is 24.3 Å². The maximum absolute atomic E-state index is 12.3. The van der Waals surface area contributed by atoms with Crippen molar-refractivity contribution in [3.63, 3.8) is 0 Å². The Morgan fingerprint density at radius 1 is 1.12 bits per heavy atom. The monoisotopic (exact) mass is 332 g/mol. The predicted octanol–water partition coefficient (Wildman–Crippen LogP) is 2.50. The van der Waals surface area contributed by atoms with Crippen molar-refractivity contribution in [3.05, 3.63) is 35.4 Å². The van der Waals surface area contributed by atoms with Crippen LogP contribution >= 0.6 is 0 Å². The molecule has 132 valence electrons. The lowest BCUT2D eigenvalue weighted by atomic mass is 9.85. The SMILES string of the molecule is CCCNC(=O)c1cccc(C(=O)NC[C@@H](O)C2CCCCC2)c1. The molecule has 1 saturated carbocycles. The molecule has 1 aromatic carbocycles. The standard InChI is InChI=1S/C19H28N2O3/c1-2-11-20-18(23)15-9-6-10-16(12-15)19(24)21-13-17(22)14-7-4-3-5-8-14/h6,9-10,12,14,17,22H,2-5,7-8,11,13H2,1H3,(H,20,23)(H,21,24)/t17-/m1/s1. The van der Waals surface area contributed by atoms with Gasteiger partial charge in [-0.1, -0.05) is 32.3 Å². The first-order valence-corrected chi connectivity index (χ1v) is 8.96. The lowest BCUT2D eigenvalue weighted by Gasteiger charge is -2.26. The Morgan fingerprint density at radius 3 is 2.38 bits per heavy atom. The Labute approximate surface area is 143 Å². The smallest absolute Gasteiger partial charge is 0.251 e. The molecule has 0 bridgehead atoms. The van der Waals surface area contributed by atoms with Crippen LogP contribution in [0.4, 0.5) is 0 Å². The van der Waals surface area contributed by atoms with Gasteiger partial charge in [0.1, 0.15) is 0 Å². The molecule has 0 spiro atoms. The molecule has 2 rings (SSSR count). The van der Waals surface area contributed by atoms with Crippen LogP contribution in [0.25, 0.3) is 0 Å². The van der Waals surface area contributed by atoms with Gasteiger partial charge in [0.2, 0.25) is 0 Å². The molecule has 5 heteroatoms. The number of hydrogen-bond acceptors (Lipinski definition) is 3. The summed E-state index contributed by atoms with van der Waals surface area (Å²) in [5.41, 5.74) is 0.916. The fourth-order valence-corrected chi connectivity index (χ4v) is 3.13. The van der Waals surface area contributed by atoms with Gasteiger partial charge in [-0.3, -0.25) is 9.59 Å². The Bertz CT molecular complexity index is 553. The normalized spacial score (nSPS) is 16.4. The van der Waals surface area contributed by atoms with Gasteiger partial charge < -0.3 is 15.7 Å². The van der Waals surface area contributed by atoms with E-state index in [0.29, 0.717) is 17.7 Å². The van der Waals surface area contributed by atoms with Gasteiger partial charge in [-0.15, -0.1) is 0 Å². The number of carbonyl (C=O) groups excluding carboxylic acids is 2. The summed E-state index contributed by atoms with van der Waals surface area (Å²) < 4.78 is 0. The van der Waals surface area contributed by atoms with Crippen molar-refractivity contribution in [3.8, 4) is 0 Å². The van der Waals surface area contributed by atoms with Crippen LogP contribution < -0.4 is 10.6 Å². The van der Waals surface area contributed by atoms with Crippen molar-refractivity contribution < 1.29 is 14.7 Å². The molecule has 1 atom stereocenters. The summed E-state index contributed by atoms with van der Waals surface area (Å²) in [5.74, 6) is -0.144. The van der Waals surface area contributed by atoms with Crippen molar-refractivity contribution in [2.75, 3.05) is 13.1 Å². The number of nitrogens with one attached hydrogen (secondary N) is 2. The second-order valence-electron chi connectivity index (χ2n) is 6.51. The van der Waals surface area contributed by atoms with Crippen molar-refractivity contribution in [1.82, 2.24) is 10.6 Å². The molecule has 0 aliphatic heterocycles. The number of aliphatic hydroxyl groups excluding tert-OH is 1. The Morgan fingerprint density at radius 2 is 1.75 bits per heavy atom. The third-order valence-corrected chi connectivity index (χ3v) is 4.59.